The highest BCUT2D eigenvalue weighted by atomic mass is 19.1. The molecule has 1 amide bonds. The zero-order valence-corrected chi connectivity index (χ0v) is 13.3. The first-order valence-electron chi connectivity index (χ1n) is 7.42. The van der Waals surface area contributed by atoms with Crippen molar-refractivity contribution in [3.05, 3.63) is 65.4 Å². The van der Waals surface area contributed by atoms with Crippen molar-refractivity contribution < 1.29 is 23.1 Å². The number of rotatable bonds is 7. The van der Waals surface area contributed by atoms with Crippen molar-refractivity contribution in [3.8, 4) is 0 Å². The van der Waals surface area contributed by atoms with Crippen LogP contribution in [0.3, 0.4) is 0 Å². The summed E-state index contributed by atoms with van der Waals surface area (Å²) in [5, 5.41) is 2.69. The van der Waals surface area contributed by atoms with E-state index in [1.807, 2.05) is 0 Å². The maximum atomic E-state index is 12.8. The van der Waals surface area contributed by atoms with E-state index in [9.17, 15) is 14.0 Å². The van der Waals surface area contributed by atoms with E-state index in [1.165, 1.54) is 25.3 Å². The summed E-state index contributed by atoms with van der Waals surface area (Å²) in [6.07, 6.45) is 3.58. The molecule has 2 aromatic rings. The van der Waals surface area contributed by atoms with E-state index in [4.69, 9.17) is 4.42 Å². The minimum Gasteiger partial charge on any atom is -0.469 e. The molecule has 0 aliphatic rings. The first-order valence-corrected chi connectivity index (χ1v) is 7.42. The molecule has 0 fully saturated rings. The van der Waals surface area contributed by atoms with E-state index in [2.05, 4.69) is 10.1 Å². The highest BCUT2D eigenvalue weighted by molar-refractivity contribution is 5.91. The summed E-state index contributed by atoms with van der Waals surface area (Å²) < 4.78 is 22.8. The number of esters is 1. The van der Waals surface area contributed by atoms with Gasteiger partial charge < -0.3 is 14.5 Å². The number of nitrogens with one attached hydrogen (secondary N) is 1. The van der Waals surface area contributed by atoms with E-state index in [0.29, 0.717) is 24.5 Å². The topological polar surface area (TPSA) is 68.5 Å². The molecule has 1 aromatic carbocycles. The monoisotopic (exact) mass is 331 g/mol. The van der Waals surface area contributed by atoms with Crippen LogP contribution < -0.4 is 5.32 Å². The van der Waals surface area contributed by atoms with Crippen molar-refractivity contribution in [3.63, 3.8) is 0 Å². The van der Waals surface area contributed by atoms with Crippen LogP contribution in [-0.2, 0) is 27.3 Å². The van der Waals surface area contributed by atoms with Crippen LogP contribution in [0.4, 0.5) is 4.39 Å². The Morgan fingerprint density at radius 2 is 1.96 bits per heavy atom. The second-order valence-electron chi connectivity index (χ2n) is 5.06. The molecule has 24 heavy (non-hydrogen) atoms. The Morgan fingerprint density at radius 1 is 1.21 bits per heavy atom. The normalized spacial score (nSPS) is 10.8. The average Bonchev–Trinajstić information content (AvgIpc) is 3.05. The molecule has 0 unspecified atom stereocenters. The van der Waals surface area contributed by atoms with Crippen LogP contribution >= 0.6 is 0 Å². The molecule has 0 atom stereocenters. The van der Waals surface area contributed by atoms with E-state index >= 15 is 0 Å². The van der Waals surface area contributed by atoms with Gasteiger partial charge in [-0.25, -0.2) is 4.39 Å². The quantitative estimate of drug-likeness (QED) is 0.626. The summed E-state index contributed by atoms with van der Waals surface area (Å²) in [4.78, 5) is 22.8. The fourth-order valence-corrected chi connectivity index (χ4v) is 1.95. The first kappa shape index (κ1) is 17.5. The van der Waals surface area contributed by atoms with Crippen molar-refractivity contribution in [1.29, 1.82) is 0 Å². The Kier molecular flexibility index (Phi) is 6.31. The number of hydrogen-bond acceptors (Lipinski definition) is 4. The summed E-state index contributed by atoms with van der Waals surface area (Å²) in [5.74, 6) is 0.264. The SMILES string of the molecule is COC(=O)CCc1ccc(/C=C/C(=O)NCc2ccc(F)cc2)o1. The van der Waals surface area contributed by atoms with E-state index < -0.39 is 0 Å². The second kappa shape index (κ2) is 8.67. The lowest BCUT2D eigenvalue weighted by Crippen LogP contribution is -2.20. The Labute approximate surface area is 139 Å². The molecule has 5 nitrogen and oxygen atoms in total. The van der Waals surface area contributed by atoms with Gasteiger partial charge in [0.2, 0.25) is 5.91 Å². The van der Waals surface area contributed by atoms with Crippen LogP contribution in [0, 0.1) is 5.82 Å². The van der Waals surface area contributed by atoms with Gasteiger partial charge in [-0.3, -0.25) is 9.59 Å². The summed E-state index contributed by atoms with van der Waals surface area (Å²) in [5.41, 5.74) is 0.807. The van der Waals surface area contributed by atoms with Crippen molar-refractivity contribution in [2.24, 2.45) is 0 Å². The minimum atomic E-state index is -0.314. The number of aryl methyl sites for hydroxylation is 1. The third-order valence-corrected chi connectivity index (χ3v) is 3.26. The Bertz CT molecular complexity index is 719. The predicted octanol–water partition coefficient (Wildman–Crippen LogP) is 2.85. The van der Waals surface area contributed by atoms with Gasteiger partial charge in [-0.2, -0.15) is 0 Å². The molecule has 0 saturated heterocycles. The fourth-order valence-electron chi connectivity index (χ4n) is 1.95. The van der Waals surface area contributed by atoms with Crippen LogP contribution in [0.15, 0.2) is 46.9 Å². The number of hydrogen-bond donors (Lipinski definition) is 1. The van der Waals surface area contributed by atoms with Gasteiger partial charge in [0, 0.05) is 19.0 Å². The van der Waals surface area contributed by atoms with Crippen molar-refractivity contribution in [1.82, 2.24) is 5.32 Å². The van der Waals surface area contributed by atoms with Gasteiger partial charge in [0.15, 0.2) is 0 Å². The van der Waals surface area contributed by atoms with Crippen LogP contribution in [0.2, 0.25) is 0 Å². The number of methoxy groups -OCH3 is 1. The van der Waals surface area contributed by atoms with Crippen LogP contribution in [0.1, 0.15) is 23.5 Å². The number of carbonyl (C=O) groups excluding carboxylic acids is 2. The van der Waals surface area contributed by atoms with Crippen LogP contribution in [0.5, 0.6) is 0 Å². The summed E-state index contributed by atoms with van der Waals surface area (Å²) in [6, 6.07) is 9.38. The zero-order valence-electron chi connectivity index (χ0n) is 13.3. The van der Waals surface area contributed by atoms with Crippen LogP contribution in [-0.4, -0.2) is 19.0 Å². The molecule has 1 aromatic heterocycles. The molecule has 0 saturated carbocycles. The molecular formula is C18H18FNO4. The highest BCUT2D eigenvalue weighted by Crippen LogP contribution is 2.12. The lowest BCUT2D eigenvalue weighted by molar-refractivity contribution is -0.140. The highest BCUT2D eigenvalue weighted by Gasteiger charge is 2.05. The molecule has 0 aliphatic heterocycles. The van der Waals surface area contributed by atoms with Gasteiger partial charge in [-0.15, -0.1) is 0 Å². The molecule has 0 radical (unpaired) electrons. The van der Waals surface area contributed by atoms with Crippen molar-refractivity contribution >= 4 is 18.0 Å². The summed E-state index contributed by atoms with van der Waals surface area (Å²) in [6.45, 7) is 0.311. The number of amides is 1. The molecule has 2 rings (SSSR count). The number of carbonyl (C=O) groups is 2. The fraction of sp³-hybridized carbons (Fsp3) is 0.222. The Hall–Kier alpha value is -2.89. The van der Waals surface area contributed by atoms with Gasteiger partial charge >= 0.3 is 5.97 Å². The van der Waals surface area contributed by atoms with Gasteiger partial charge in [0.05, 0.1) is 13.5 Å². The molecule has 1 N–H and O–H groups in total. The average molecular weight is 331 g/mol. The molecule has 1 heterocycles. The number of ether oxygens (including phenoxy) is 1. The molecular weight excluding hydrogens is 313 g/mol. The third kappa shape index (κ3) is 5.72. The standard InChI is InChI=1S/C18H18FNO4/c1-23-18(22)11-9-16-7-6-15(24-16)8-10-17(21)20-12-13-2-4-14(19)5-3-13/h2-8,10H,9,11-12H2,1H3,(H,20,21)/b10-8+. The van der Waals surface area contributed by atoms with E-state index in [0.717, 1.165) is 5.56 Å². The summed E-state index contributed by atoms with van der Waals surface area (Å²) >= 11 is 0. The second-order valence-corrected chi connectivity index (χ2v) is 5.06. The maximum absolute atomic E-state index is 12.8. The Morgan fingerprint density at radius 3 is 2.67 bits per heavy atom. The van der Waals surface area contributed by atoms with Gasteiger partial charge in [0.25, 0.3) is 0 Å². The largest absolute Gasteiger partial charge is 0.469 e. The lowest BCUT2D eigenvalue weighted by Gasteiger charge is -2.02. The summed E-state index contributed by atoms with van der Waals surface area (Å²) in [7, 11) is 1.34. The predicted molar refractivity (Wildman–Crippen MR) is 86.3 cm³/mol. The van der Waals surface area contributed by atoms with E-state index in [-0.39, 0.29) is 24.1 Å². The van der Waals surface area contributed by atoms with Crippen molar-refractivity contribution in [2.75, 3.05) is 7.11 Å². The van der Waals surface area contributed by atoms with Gasteiger partial charge in [-0.05, 0) is 35.9 Å². The molecule has 0 bridgehead atoms. The van der Waals surface area contributed by atoms with Crippen LogP contribution in [0.25, 0.3) is 6.08 Å². The zero-order chi connectivity index (χ0) is 17.4. The van der Waals surface area contributed by atoms with Gasteiger partial charge in [0.1, 0.15) is 17.3 Å². The molecule has 126 valence electrons. The van der Waals surface area contributed by atoms with Crippen molar-refractivity contribution in [2.45, 2.75) is 19.4 Å². The molecule has 0 spiro atoms. The lowest BCUT2D eigenvalue weighted by atomic mass is 10.2. The number of furan rings is 1. The molecule has 0 aliphatic carbocycles. The Balaban J connectivity index is 1.79. The number of halogens is 1. The third-order valence-electron chi connectivity index (χ3n) is 3.26. The maximum Gasteiger partial charge on any atom is 0.305 e. The first-order chi connectivity index (χ1) is 11.6. The minimum absolute atomic E-state index is 0.241. The number of benzene rings is 1. The van der Waals surface area contributed by atoms with Gasteiger partial charge in [-0.1, -0.05) is 12.1 Å². The molecule has 6 heteroatoms. The smallest absolute Gasteiger partial charge is 0.305 e. The van der Waals surface area contributed by atoms with E-state index in [1.54, 1.807) is 30.3 Å².